The van der Waals surface area contributed by atoms with Crippen molar-refractivity contribution in [3.63, 3.8) is 0 Å². The number of nitrogens with one attached hydrogen (secondary N) is 4. The Balaban J connectivity index is 0.00000676. The fraction of sp³-hybridized carbons (Fsp3) is 0.824. The van der Waals surface area contributed by atoms with Crippen LogP contribution in [-0.2, 0) is 14.3 Å². The minimum Gasteiger partial charge on any atom is -0.383 e. The molecule has 2 amide bonds. The molecule has 10 heteroatoms. The molecule has 27 heavy (non-hydrogen) atoms. The highest BCUT2D eigenvalue weighted by molar-refractivity contribution is 14.0. The largest absolute Gasteiger partial charge is 0.383 e. The Labute approximate surface area is 179 Å². The van der Waals surface area contributed by atoms with Crippen LogP contribution in [0.25, 0.3) is 0 Å². The Morgan fingerprint density at radius 1 is 1.11 bits per heavy atom. The number of likely N-dealkylation sites (tertiary alicyclic amines) is 1. The molecule has 1 heterocycles. The second-order valence-corrected chi connectivity index (χ2v) is 6.31. The minimum absolute atomic E-state index is 0. The van der Waals surface area contributed by atoms with Gasteiger partial charge in [-0.2, -0.15) is 0 Å². The zero-order valence-corrected chi connectivity index (χ0v) is 19.0. The summed E-state index contributed by atoms with van der Waals surface area (Å²) in [5.74, 6) is 0.610. The quantitative estimate of drug-likeness (QED) is 0.140. The van der Waals surface area contributed by atoms with Crippen molar-refractivity contribution in [3.8, 4) is 0 Å². The lowest BCUT2D eigenvalue weighted by Gasteiger charge is -2.32. The number of guanidine groups is 1. The number of hydrogen-bond acceptors (Lipinski definition) is 5. The van der Waals surface area contributed by atoms with E-state index in [2.05, 4.69) is 31.2 Å². The maximum absolute atomic E-state index is 11.8. The molecule has 9 nitrogen and oxygen atoms in total. The number of amides is 2. The van der Waals surface area contributed by atoms with Crippen LogP contribution in [-0.4, -0.2) is 88.7 Å². The zero-order valence-electron chi connectivity index (χ0n) is 16.7. The van der Waals surface area contributed by atoms with E-state index in [1.807, 2.05) is 6.92 Å². The molecule has 0 saturated carbocycles. The van der Waals surface area contributed by atoms with Gasteiger partial charge in [0, 0.05) is 46.4 Å². The lowest BCUT2D eigenvalue weighted by Crippen LogP contribution is -2.51. The highest BCUT2D eigenvalue weighted by Gasteiger charge is 2.21. The van der Waals surface area contributed by atoms with E-state index in [0.29, 0.717) is 25.7 Å². The molecule has 0 aromatic rings. The van der Waals surface area contributed by atoms with Crippen LogP contribution in [0.15, 0.2) is 4.99 Å². The van der Waals surface area contributed by atoms with Gasteiger partial charge in [-0.1, -0.05) is 6.92 Å². The molecular formula is C17H35IN6O3. The second kappa shape index (κ2) is 15.9. The first kappa shape index (κ1) is 25.9. The van der Waals surface area contributed by atoms with Crippen LogP contribution in [0.5, 0.6) is 0 Å². The normalized spacial score (nSPS) is 15.6. The van der Waals surface area contributed by atoms with E-state index in [0.717, 1.165) is 38.9 Å². The van der Waals surface area contributed by atoms with E-state index in [-0.39, 0.29) is 48.4 Å². The van der Waals surface area contributed by atoms with E-state index < -0.39 is 0 Å². The summed E-state index contributed by atoms with van der Waals surface area (Å²) in [5.41, 5.74) is 0. The predicted molar refractivity (Wildman–Crippen MR) is 118 cm³/mol. The highest BCUT2D eigenvalue weighted by Crippen LogP contribution is 2.09. The van der Waals surface area contributed by atoms with Gasteiger partial charge in [-0.15, -0.1) is 24.0 Å². The summed E-state index contributed by atoms with van der Waals surface area (Å²) in [6, 6.07) is 0.285. The molecule has 0 spiro atoms. The first-order valence-electron chi connectivity index (χ1n) is 9.30. The first-order valence-corrected chi connectivity index (χ1v) is 9.30. The number of rotatable bonds is 10. The van der Waals surface area contributed by atoms with Gasteiger partial charge in [0.05, 0.1) is 19.7 Å². The molecule has 0 aromatic carbocycles. The molecule has 1 aliphatic rings. The van der Waals surface area contributed by atoms with Crippen LogP contribution in [0.2, 0.25) is 0 Å². The van der Waals surface area contributed by atoms with Gasteiger partial charge in [-0.05, 0) is 19.3 Å². The molecular weight excluding hydrogens is 463 g/mol. The molecule has 1 fully saturated rings. The zero-order chi connectivity index (χ0) is 19.2. The predicted octanol–water partition coefficient (Wildman–Crippen LogP) is -0.477. The summed E-state index contributed by atoms with van der Waals surface area (Å²) < 4.78 is 4.89. The van der Waals surface area contributed by atoms with Crippen molar-refractivity contribution in [1.29, 1.82) is 0 Å². The second-order valence-electron chi connectivity index (χ2n) is 6.31. The lowest BCUT2D eigenvalue weighted by molar-refractivity contribution is -0.122. The fourth-order valence-electron chi connectivity index (χ4n) is 2.67. The number of aliphatic imine (C=N–C) groups is 1. The molecule has 0 radical (unpaired) electrons. The minimum atomic E-state index is -0.0992. The molecule has 0 atom stereocenters. The van der Waals surface area contributed by atoms with E-state index in [4.69, 9.17) is 4.74 Å². The number of ether oxygens (including phenoxy) is 1. The molecule has 0 unspecified atom stereocenters. The number of carbonyl (C=O) groups is 2. The molecule has 1 aliphatic heterocycles. The van der Waals surface area contributed by atoms with Crippen LogP contribution in [0.3, 0.4) is 0 Å². The smallest absolute Gasteiger partial charge is 0.239 e. The van der Waals surface area contributed by atoms with Gasteiger partial charge in [0.25, 0.3) is 0 Å². The molecule has 4 N–H and O–H groups in total. The third-order valence-corrected chi connectivity index (χ3v) is 4.14. The Hall–Kier alpha value is -1.14. The Morgan fingerprint density at radius 3 is 2.37 bits per heavy atom. The molecule has 0 bridgehead atoms. The van der Waals surface area contributed by atoms with Crippen LogP contribution in [0, 0.1) is 0 Å². The standard InChI is InChI=1S/C17H34N6O3.HI/c1-4-7-19-16(25)13-23-9-5-14(6-10-23)22-17(18-2)21-12-15(24)20-8-11-26-3;/h14H,4-13H2,1-3H3,(H,19,25)(H,20,24)(H2,18,21,22);1H. The topological polar surface area (TPSA) is 107 Å². The summed E-state index contributed by atoms with van der Waals surface area (Å²) >= 11 is 0. The average molecular weight is 498 g/mol. The van der Waals surface area contributed by atoms with Crippen LogP contribution in [0.1, 0.15) is 26.2 Å². The molecule has 0 aliphatic carbocycles. The summed E-state index contributed by atoms with van der Waals surface area (Å²) in [5, 5.41) is 12.0. The van der Waals surface area contributed by atoms with Crippen molar-refractivity contribution in [2.75, 3.05) is 60.0 Å². The third kappa shape index (κ3) is 12.0. The highest BCUT2D eigenvalue weighted by atomic mass is 127. The van der Waals surface area contributed by atoms with Crippen LogP contribution in [0.4, 0.5) is 0 Å². The number of halogens is 1. The van der Waals surface area contributed by atoms with Crippen molar-refractivity contribution < 1.29 is 14.3 Å². The van der Waals surface area contributed by atoms with E-state index in [1.54, 1.807) is 14.2 Å². The molecule has 1 rings (SSSR count). The van der Waals surface area contributed by atoms with E-state index in [1.165, 1.54) is 0 Å². The third-order valence-electron chi connectivity index (χ3n) is 4.14. The average Bonchev–Trinajstić information content (AvgIpc) is 2.65. The lowest BCUT2D eigenvalue weighted by atomic mass is 10.1. The number of carbonyl (C=O) groups excluding carboxylic acids is 2. The fourth-order valence-corrected chi connectivity index (χ4v) is 2.67. The summed E-state index contributed by atoms with van der Waals surface area (Å²) in [7, 11) is 3.28. The van der Waals surface area contributed by atoms with Crippen LogP contribution < -0.4 is 21.3 Å². The maximum Gasteiger partial charge on any atom is 0.239 e. The SMILES string of the molecule is CCCNC(=O)CN1CCC(NC(=NC)NCC(=O)NCCOC)CC1.I. The van der Waals surface area contributed by atoms with Crippen molar-refractivity contribution in [2.45, 2.75) is 32.2 Å². The number of methoxy groups -OCH3 is 1. The number of piperidine rings is 1. The van der Waals surface area contributed by atoms with Crippen LogP contribution >= 0.6 is 24.0 Å². The van der Waals surface area contributed by atoms with Crippen molar-refractivity contribution >= 4 is 41.8 Å². The van der Waals surface area contributed by atoms with Crippen molar-refractivity contribution in [3.05, 3.63) is 0 Å². The van der Waals surface area contributed by atoms with Gasteiger partial charge >= 0.3 is 0 Å². The number of nitrogens with zero attached hydrogens (tertiary/aromatic N) is 2. The van der Waals surface area contributed by atoms with Crippen molar-refractivity contribution in [2.24, 2.45) is 4.99 Å². The van der Waals surface area contributed by atoms with Crippen molar-refractivity contribution in [1.82, 2.24) is 26.2 Å². The first-order chi connectivity index (χ1) is 12.6. The Morgan fingerprint density at radius 2 is 1.78 bits per heavy atom. The Bertz CT molecular complexity index is 456. The molecule has 0 aromatic heterocycles. The van der Waals surface area contributed by atoms with Gasteiger partial charge in [0.1, 0.15) is 0 Å². The van der Waals surface area contributed by atoms with Gasteiger partial charge in [-0.3, -0.25) is 19.5 Å². The van der Waals surface area contributed by atoms with E-state index >= 15 is 0 Å². The maximum atomic E-state index is 11.8. The summed E-state index contributed by atoms with van der Waals surface area (Å²) in [4.78, 5) is 29.8. The summed E-state index contributed by atoms with van der Waals surface area (Å²) in [6.45, 7) is 6.12. The van der Waals surface area contributed by atoms with Gasteiger partial charge in [0.15, 0.2) is 5.96 Å². The van der Waals surface area contributed by atoms with Gasteiger partial charge in [-0.25, -0.2) is 0 Å². The Kier molecular flexibility index (Phi) is 15.2. The van der Waals surface area contributed by atoms with Gasteiger partial charge in [0.2, 0.25) is 11.8 Å². The summed E-state index contributed by atoms with van der Waals surface area (Å²) in [6.07, 6.45) is 2.82. The van der Waals surface area contributed by atoms with Gasteiger partial charge < -0.3 is 26.0 Å². The molecule has 158 valence electrons. The number of hydrogen-bond donors (Lipinski definition) is 4. The van der Waals surface area contributed by atoms with E-state index in [9.17, 15) is 9.59 Å². The molecule has 1 saturated heterocycles. The monoisotopic (exact) mass is 498 g/mol.